The summed E-state index contributed by atoms with van der Waals surface area (Å²) in [6, 6.07) is 2.90. The summed E-state index contributed by atoms with van der Waals surface area (Å²) in [5.74, 6) is -0.109. The van der Waals surface area contributed by atoms with Gasteiger partial charge in [-0.3, -0.25) is 14.5 Å². The van der Waals surface area contributed by atoms with Crippen molar-refractivity contribution in [2.24, 2.45) is 0 Å². The van der Waals surface area contributed by atoms with Crippen molar-refractivity contribution in [1.82, 2.24) is 15.1 Å². The number of urea groups is 1. The maximum atomic E-state index is 12.1. The fourth-order valence-electron chi connectivity index (χ4n) is 2.74. The minimum Gasteiger partial charge on any atom is -0.459 e. The van der Waals surface area contributed by atoms with Crippen LogP contribution in [0, 0.1) is 0 Å². The van der Waals surface area contributed by atoms with Crippen LogP contribution in [0.5, 0.6) is 0 Å². The standard InChI is InChI=1S/C13H15N3O4/c1-15-11(18)13(14-12(15)19)4-6-16(7-5-13)10(17)9-3-2-8-20-9/h2-3,8H,4-7H2,1H3,(H,14,19). The Morgan fingerprint density at radius 1 is 1.35 bits per heavy atom. The van der Waals surface area contributed by atoms with E-state index < -0.39 is 5.54 Å². The van der Waals surface area contributed by atoms with Crippen LogP contribution in [0.1, 0.15) is 23.4 Å². The van der Waals surface area contributed by atoms with Gasteiger partial charge in [0, 0.05) is 20.1 Å². The Balaban J connectivity index is 1.70. The van der Waals surface area contributed by atoms with Crippen molar-refractivity contribution in [2.45, 2.75) is 18.4 Å². The Labute approximate surface area is 115 Å². The van der Waals surface area contributed by atoms with Crippen molar-refractivity contribution in [3.63, 3.8) is 0 Å². The van der Waals surface area contributed by atoms with E-state index in [1.165, 1.54) is 13.3 Å². The van der Waals surface area contributed by atoms with E-state index in [9.17, 15) is 14.4 Å². The molecule has 0 bridgehead atoms. The van der Waals surface area contributed by atoms with Crippen LogP contribution in [0.25, 0.3) is 0 Å². The van der Waals surface area contributed by atoms with Gasteiger partial charge < -0.3 is 14.6 Å². The molecule has 0 unspecified atom stereocenters. The Bertz CT molecular complexity index is 558. The molecule has 0 radical (unpaired) electrons. The highest BCUT2D eigenvalue weighted by Crippen LogP contribution is 2.29. The zero-order chi connectivity index (χ0) is 14.3. The molecule has 0 aliphatic carbocycles. The van der Waals surface area contributed by atoms with Crippen LogP contribution in [-0.2, 0) is 4.79 Å². The second-order valence-corrected chi connectivity index (χ2v) is 5.15. The van der Waals surface area contributed by atoms with E-state index in [2.05, 4.69) is 5.32 Å². The van der Waals surface area contributed by atoms with Crippen LogP contribution in [0.3, 0.4) is 0 Å². The highest BCUT2D eigenvalue weighted by molar-refractivity contribution is 6.07. The molecule has 7 heteroatoms. The molecule has 2 saturated heterocycles. The van der Waals surface area contributed by atoms with Crippen LogP contribution >= 0.6 is 0 Å². The number of rotatable bonds is 1. The summed E-state index contributed by atoms with van der Waals surface area (Å²) in [6.45, 7) is 0.832. The molecule has 2 fully saturated rings. The van der Waals surface area contributed by atoms with E-state index in [1.54, 1.807) is 17.0 Å². The van der Waals surface area contributed by atoms with Gasteiger partial charge in [-0.25, -0.2) is 4.79 Å². The highest BCUT2D eigenvalue weighted by atomic mass is 16.3. The number of hydrogen-bond acceptors (Lipinski definition) is 4. The lowest BCUT2D eigenvalue weighted by atomic mass is 9.87. The largest absolute Gasteiger partial charge is 0.459 e. The normalized spacial score (nSPS) is 21.4. The molecule has 20 heavy (non-hydrogen) atoms. The number of nitrogens with zero attached hydrogens (tertiary/aromatic N) is 2. The number of likely N-dealkylation sites (tertiary alicyclic amines) is 1. The first-order valence-electron chi connectivity index (χ1n) is 6.47. The molecule has 1 spiro atoms. The minimum absolute atomic E-state index is 0.185. The molecule has 2 aliphatic heterocycles. The van der Waals surface area contributed by atoms with Crippen molar-refractivity contribution in [1.29, 1.82) is 0 Å². The Hall–Kier alpha value is -2.31. The molecule has 2 aliphatic rings. The molecule has 7 nitrogen and oxygen atoms in total. The third-order valence-electron chi connectivity index (χ3n) is 4.00. The molecule has 3 rings (SSSR count). The van der Waals surface area contributed by atoms with Crippen molar-refractivity contribution >= 4 is 17.8 Å². The molecule has 1 N–H and O–H groups in total. The number of carbonyl (C=O) groups is 3. The number of likely N-dealkylation sites (N-methyl/N-ethyl adjacent to an activating group) is 1. The van der Waals surface area contributed by atoms with E-state index in [4.69, 9.17) is 4.42 Å². The fourth-order valence-corrected chi connectivity index (χ4v) is 2.74. The average molecular weight is 277 g/mol. The number of amides is 4. The van der Waals surface area contributed by atoms with Crippen molar-refractivity contribution in [3.8, 4) is 0 Å². The van der Waals surface area contributed by atoms with E-state index in [1.807, 2.05) is 0 Å². The molecule has 3 heterocycles. The monoisotopic (exact) mass is 277 g/mol. The van der Waals surface area contributed by atoms with Crippen LogP contribution in [0.15, 0.2) is 22.8 Å². The molecular formula is C13H15N3O4. The van der Waals surface area contributed by atoms with Gasteiger partial charge in [-0.1, -0.05) is 0 Å². The van der Waals surface area contributed by atoms with Gasteiger partial charge in [0.2, 0.25) is 0 Å². The summed E-state index contributed by atoms with van der Waals surface area (Å²) in [5, 5.41) is 2.74. The second-order valence-electron chi connectivity index (χ2n) is 5.15. The smallest absolute Gasteiger partial charge is 0.324 e. The number of carbonyl (C=O) groups excluding carboxylic acids is 3. The lowest BCUT2D eigenvalue weighted by Gasteiger charge is -2.36. The number of piperidine rings is 1. The summed E-state index contributed by atoms with van der Waals surface area (Å²) in [4.78, 5) is 38.5. The quantitative estimate of drug-likeness (QED) is 0.755. The first-order chi connectivity index (χ1) is 9.53. The predicted octanol–water partition coefficient (Wildman–Crippen LogP) is 0.436. The number of nitrogens with one attached hydrogen (secondary N) is 1. The van der Waals surface area contributed by atoms with Gasteiger partial charge in [0.1, 0.15) is 5.54 Å². The SMILES string of the molecule is CN1C(=O)NC2(CCN(C(=O)c3ccco3)CC2)C1=O. The molecule has 0 aromatic carbocycles. The molecule has 1 aromatic heterocycles. The molecule has 0 atom stereocenters. The van der Waals surface area contributed by atoms with Gasteiger partial charge in [0.15, 0.2) is 5.76 Å². The van der Waals surface area contributed by atoms with Gasteiger partial charge in [-0.05, 0) is 25.0 Å². The van der Waals surface area contributed by atoms with Crippen molar-refractivity contribution in [2.75, 3.05) is 20.1 Å². The third-order valence-corrected chi connectivity index (χ3v) is 4.00. The summed E-state index contributed by atoms with van der Waals surface area (Å²) in [5.41, 5.74) is -0.841. The van der Waals surface area contributed by atoms with Crippen molar-refractivity contribution in [3.05, 3.63) is 24.2 Å². The molecule has 4 amide bonds. The van der Waals surface area contributed by atoms with Gasteiger partial charge in [-0.2, -0.15) is 0 Å². The zero-order valence-electron chi connectivity index (χ0n) is 11.1. The zero-order valence-corrected chi connectivity index (χ0v) is 11.1. The van der Waals surface area contributed by atoms with Gasteiger partial charge in [-0.15, -0.1) is 0 Å². The number of furan rings is 1. The van der Waals surface area contributed by atoms with Gasteiger partial charge in [0.05, 0.1) is 6.26 Å². The Kier molecular flexibility index (Phi) is 2.77. The van der Waals surface area contributed by atoms with Gasteiger partial charge in [0.25, 0.3) is 11.8 Å². The Morgan fingerprint density at radius 2 is 2.05 bits per heavy atom. The summed E-state index contributed by atoms with van der Waals surface area (Å²) < 4.78 is 5.08. The highest BCUT2D eigenvalue weighted by Gasteiger charge is 2.51. The first-order valence-corrected chi connectivity index (χ1v) is 6.47. The molecular weight excluding hydrogens is 262 g/mol. The number of hydrogen-bond donors (Lipinski definition) is 1. The van der Waals surface area contributed by atoms with Crippen LogP contribution in [0.2, 0.25) is 0 Å². The topological polar surface area (TPSA) is 82.9 Å². The third kappa shape index (κ3) is 1.77. The van der Waals surface area contributed by atoms with E-state index in [0.29, 0.717) is 31.7 Å². The predicted molar refractivity (Wildman–Crippen MR) is 67.9 cm³/mol. The fraction of sp³-hybridized carbons (Fsp3) is 0.462. The Morgan fingerprint density at radius 3 is 2.55 bits per heavy atom. The van der Waals surface area contributed by atoms with Gasteiger partial charge >= 0.3 is 6.03 Å². The van der Waals surface area contributed by atoms with E-state index in [0.717, 1.165) is 4.90 Å². The summed E-state index contributed by atoms with van der Waals surface area (Å²) >= 11 is 0. The molecule has 106 valence electrons. The van der Waals surface area contributed by atoms with Crippen molar-refractivity contribution < 1.29 is 18.8 Å². The van der Waals surface area contributed by atoms with Crippen LogP contribution in [-0.4, -0.2) is 53.3 Å². The molecule has 0 saturated carbocycles. The van der Waals surface area contributed by atoms with E-state index in [-0.39, 0.29) is 17.8 Å². The second kappa shape index (κ2) is 4.36. The van der Waals surface area contributed by atoms with Crippen LogP contribution < -0.4 is 5.32 Å². The average Bonchev–Trinajstić information content (AvgIpc) is 3.05. The first kappa shape index (κ1) is 12.7. The maximum Gasteiger partial charge on any atom is 0.324 e. The summed E-state index contributed by atoms with van der Waals surface area (Å²) in [6.07, 6.45) is 2.30. The van der Waals surface area contributed by atoms with E-state index >= 15 is 0 Å². The maximum absolute atomic E-state index is 12.1. The lowest BCUT2D eigenvalue weighted by Crippen LogP contribution is -2.55. The minimum atomic E-state index is -0.841. The summed E-state index contributed by atoms with van der Waals surface area (Å²) in [7, 11) is 1.47. The lowest BCUT2D eigenvalue weighted by molar-refractivity contribution is -0.131. The van der Waals surface area contributed by atoms with Crippen LogP contribution in [0.4, 0.5) is 4.79 Å². The number of imide groups is 1. The molecule has 1 aromatic rings.